The normalized spacial score (nSPS) is 10.7. The van der Waals surface area contributed by atoms with Gasteiger partial charge in [0.15, 0.2) is 15.0 Å². The molecule has 0 N–H and O–H groups in total. The fraction of sp³-hybridized carbons (Fsp3) is 1.00. The molecule has 0 radical (unpaired) electrons. The molecule has 1 atom stereocenters. The molecule has 0 rings (SSSR count). The SMILES string of the molecule is COC(CO[PH2]=O)OC.[NaH]. The predicted octanol–water partition coefficient (Wildman–Crippen LogP) is -0.355. The van der Waals surface area contributed by atoms with Gasteiger partial charge in [0, 0.05) is 14.2 Å². The quantitative estimate of drug-likeness (QED) is 0.328. The van der Waals surface area contributed by atoms with Gasteiger partial charge in [-0.25, -0.2) is 0 Å². The summed E-state index contributed by atoms with van der Waals surface area (Å²) in [6.07, 6.45) is -0.397. The summed E-state index contributed by atoms with van der Waals surface area (Å²) in [4.78, 5) is 0. The minimum atomic E-state index is -1.16. The van der Waals surface area contributed by atoms with E-state index in [1.54, 1.807) is 0 Å². The van der Waals surface area contributed by atoms with Crippen molar-refractivity contribution >= 4 is 38.2 Å². The summed E-state index contributed by atoms with van der Waals surface area (Å²) in [5.74, 6) is 0. The molecule has 0 spiro atoms. The molecule has 4 nitrogen and oxygen atoms in total. The Morgan fingerprint density at radius 1 is 1.40 bits per heavy atom. The molecule has 0 heterocycles. The van der Waals surface area contributed by atoms with Gasteiger partial charge in [-0.1, -0.05) is 0 Å². The van der Waals surface area contributed by atoms with Crippen molar-refractivity contribution < 1.29 is 18.6 Å². The van der Waals surface area contributed by atoms with Crippen LogP contribution in [-0.2, 0) is 18.6 Å². The van der Waals surface area contributed by atoms with Gasteiger partial charge in [-0.05, 0) is 0 Å². The number of methoxy groups -OCH3 is 2. The van der Waals surface area contributed by atoms with Gasteiger partial charge in [-0.15, -0.1) is 0 Å². The van der Waals surface area contributed by atoms with E-state index < -0.39 is 15.0 Å². The van der Waals surface area contributed by atoms with Gasteiger partial charge in [0.05, 0.1) is 0 Å². The Hall–Kier alpha value is 1.11. The van der Waals surface area contributed by atoms with E-state index in [0.717, 1.165) is 0 Å². The maximum atomic E-state index is 9.82. The third-order valence-electron chi connectivity index (χ3n) is 0.826. The molecule has 0 saturated heterocycles. The average molecular weight is 178 g/mol. The van der Waals surface area contributed by atoms with Crippen LogP contribution in [0.25, 0.3) is 0 Å². The second-order valence-electron chi connectivity index (χ2n) is 1.33. The summed E-state index contributed by atoms with van der Waals surface area (Å²) >= 11 is 0. The molecule has 0 aliphatic carbocycles. The first kappa shape index (κ1) is 13.7. The van der Waals surface area contributed by atoms with Crippen LogP contribution in [-0.4, -0.2) is 56.7 Å². The van der Waals surface area contributed by atoms with Gasteiger partial charge >= 0.3 is 29.6 Å². The van der Waals surface area contributed by atoms with Crippen molar-refractivity contribution in [3.05, 3.63) is 0 Å². The molecular formula is C4H12NaO4P. The molecule has 0 saturated carbocycles. The average Bonchev–Trinajstić information content (AvgIpc) is 1.91. The Labute approximate surface area is 83.8 Å². The summed E-state index contributed by atoms with van der Waals surface area (Å²) in [5.41, 5.74) is 0. The molecule has 1 unspecified atom stereocenters. The molecule has 0 bridgehead atoms. The molecule has 0 aromatic heterocycles. The Morgan fingerprint density at radius 3 is 2.20 bits per heavy atom. The van der Waals surface area contributed by atoms with E-state index in [0.29, 0.717) is 0 Å². The van der Waals surface area contributed by atoms with Gasteiger partial charge < -0.3 is 14.0 Å². The molecule has 58 valence electrons. The minimum absolute atomic E-state index is 0. The first-order valence-corrected chi connectivity index (χ1v) is 3.40. The number of hydrogen-bond donors (Lipinski definition) is 0. The van der Waals surface area contributed by atoms with Crippen molar-refractivity contribution in [1.29, 1.82) is 0 Å². The number of hydrogen-bond acceptors (Lipinski definition) is 4. The fourth-order valence-corrected chi connectivity index (χ4v) is 0.586. The van der Waals surface area contributed by atoms with E-state index >= 15 is 0 Å². The fourth-order valence-electron chi connectivity index (χ4n) is 0.350. The van der Waals surface area contributed by atoms with Crippen LogP contribution in [0.1, 0.15) is 0 Å². The van der Waals surface area contributed by atoms with Gasteiger partial charge in [0.25, 0.3) is 0 Å². The number of ether oxygens (including phenoxy) is 2. The Kier molecular flexibility index (Phi) is 13.8. The molecule has 0 aliphatic rings. The van der Waals surface area contributed by atoms with Crippen molar-refractivity contribution in [3.63, 3.8) is 0 Å². The Bertz CT molecular complexity index is 77.7. The predicted molar refractivity (Wildman–Crippen MR) is 41.3 cm³/mol. The Morgan fingerprint density at radius 2 is 1.90 bits per heavy atom. The summed E-state index contributed by atoms with van der Waals surface area (Å²) in [6.45, 7) is 0.228. The van der Waals surface area contributed by atoms with E-state index in [1.807, 2.05) is 0 Å². The van der Waals surface area contributed by atoms with E-state index in [1.165, 1.54) is 14.2 Å². The van der Waals surface area contributed by atoms with E-state index in [9.17, 15) is 4.57 Å². The molecule has 0 amide bonds. The van der Waals surface area contributed by atoms with Crippen LogP contribution >= 0.6 is 8.69 Å². The molecule has 0 fully saturated rings. The van der Waals surface area contributed by atoms with Crippen LogP contribution in [0.5, 0.6) is 0 Å². The number of rotatable bonds is 5. The van der Waals surface area contributed by atoms with Crippen molar-refractivity contribution in [2.24, 2.45) is 0 Å². The zero-order valence-corrected chi connectivity index (χ0v) is 6.65. The third-order valence-corrected chi connectivity index (χ3v) is 1.15. The molecule has 0 aromatic carbocycles. The van der Waals surface area contributed by atoms with Crippen LogP contribution in [0.3, 0.4) is 0 Å². The molecule has 0 aliphatic heterocycles. The zero-order valence-electron chi connectivity index (χ0n) is 5.49. The molecule has 6 heteroatoms. The topological polar surface area (TPSA) is 44.8 Å². The van der Waals surface area contributed by atoms with Crippen LogP contribution in [0, 0.1) is 0 Å². The molecule has 0 aromatic rings. The summed E-state index contributed by atoms with van der Waals surface area (Å²) in [5, 5.41) is 0. The van der Waals surface area contributed by atoms with Crippen molar-refractivity contribution in [2.45, 2.75) is 6.29 Å². The summed E-state index contributed by atoms with van der Waals surface area (Å²) in [6, 6.07) is 0. The standard InChI is InChI=1S/C4H11O4P.Na.H/c1-6-4(7-2)3-8-9-5;;/h4H,3,9H2,1-2H3;;. The Balaban J connectivity index is 0. The monoisotopic (exact) mass is 178 g/mol. The van der Waals surface area contributed by atoms with E-state index in [-0.39, 0.29) is 36.2 Å². The van der Waals surface area contributed by atoms with Crippen molar-refractivity contribution in [1.82, 2.24) is 0 Å². The second-order valence-corrected chi connectivity index (χ2v) is 1.86. The molecule has 10 heavy (non-hydrogen) atoms. The van der Waals surface area contributed by atoms with Gasteiger partial charge in [0.1, 0.15) is 6.61 Å². The van der Waals surface area contributed by atoms with E-state index in [4.69, 9.17) is 9.47 Å². The van der Waals surface area contributed by atoms with Crippen molar-refractivity contribution in [2.75, 3.05) is 20.8 Å². The van der Waals surface area contributed by atoms with Crippen LogP contribution < -0.4 is 0 Å². The third kappa shape index (κ3) is 7.22. The van der Waals surface area contributed by atoms with E-state index in [2.05, 4.69) is 4.52 Å². The first-order valence-electron chi connectivity index (χ1n) is 2.46. The zero-order chi connectivity index (χ0) is 7.11. The summed E-state index contributed by atoms with van der Waals surface area (Å²) < 4.78 is 23.8. The van der Waals surface area contributed by atoms with Crippen molar-refractivity contribution in [3.8, 4) is 0 Å². The van der Waals surface area contributed by atoms with Gasteiger partial charge in [-0.3, -0.25) is 4.57 Å². The summed E-state index contributed by atoms with van der Waals surface area (Å²) in [7, 11) is 1.84. The second kappa shape index (κ2) is 10.1. The molecular weight excluding hydrogens is 166 g/mol. The van der Waals surface area contributed by atoms with Gasteiger partial charge in [0.2, 0.25) is 0 Å². The van der Waals surface area contributed by atoms with Gasteiger partial charge in [-0.2, -0.15) is 0 Å². The van der Waals surface area contributed by atoms with Crippen LogP contribution in [0.15, 0.2) is 0 Å². The van der Waals surface area contributed by atoms with Crippen LogP contribution in [0.2, 0.25) is 0 Å². The first-order chi connectivity index (χ1) is 4.35. The maximum absolute atomic E-state index is 9.82. The van der Waals surface area contributed by atoms with Crippen LogP contribution in [0.4, 0.5) is 0 Å².